The van der Waals surface area contributed by atoms with Crippen molar-refractivity contribution in [2.24, 2.45) is 0 Å². The summed E-state index contributed by atoms with van der Waals surface area (Å²) >= 11 is 1.61. The zero-order valence-electron chi connectivity index (χ0n) is 11.3. The Hall–Kier alpha value is -1.46. The molecule has 21 heavy (non-hydrogen) atoms. The Balaban J connectivity index is 2.31. The number of carbonyl (C=O) groups is 1. The van der Waals surface area contributed by atoms with Crippen LogP contribution in [-0.4, -0.2) is 20.4 Å². The fourth-order valence-electron chi connectivity index (χ4n) is 1.92. The van der Waals surface area contributed by atoms with Crippen molar-refractivity contribution in [3.05, 3.63) is 51.2 Å². The number of phenols is 1. The highest BCUT2D eigenvalue weighted by atomic mass is 32.1. The molecule has 7 heteroatoms. The fourth-order valence-corrected chi connectivity index (χ4v) is 3.38. The highest BCUT2D eigenvalue weighted by Crippen LogP contribution is 2.40. The molecule has 3 N–H and O–H groups in total. The predicted octanol–water partition coefficient (Wildman–Crippen LogP) is 2.92. The first-order chi connectivity index (χ1) is 9.81. The van der Waals surface area contributed by atoms with Crippen molar-refractivity contribution in [2.75, 3.05) is 0 Å². The maximum Gasteiger partial charge on any atom is 0.396 e. The van der Waals surface area contributed by atoms with Gasteiger partial charge in [-0.25, -0.2) is 0 Å². The molecule has 0 radical (unpaired) electrons. The smallest absolute Gasteiger partial charge is 0.396 e. The van der Waals surface area contributed by atoms with Gasteiger partial charge < -0.3 is 14.9 Å². The number of benzene rings is 1. The van der Waals surface area contributed by atoms with Crippen molar-refractivity contribution in [2.45, 2.75) is 19.8 Å². The topological polar surface area (TPSA) is 94.8 Å². The first-order valence-corrected chi connectivity index (χ1v) is 8.74. The summed E-state index contributed by atoms with van der Waals surface area (Å²) in [5.74, 6) is 0.00344. The molecule has 1 aromatic heterocycles. The van der Waals surface area contributed by atoms with Crippen LogP contribution in [0.5, 0.6) is 5.75 Å². The van der Waals surface area contributed by atoms with Gasteiger partial charge >= 0.3 is 7.60 Å². The molecule has 0 aliphatic carbocycles. The Labute approximate surface area is 126 Å². The largest absolute Gasteiger partial charge is 0.508 e. The third kappa shape index (κ3) is 3.80. The Kier molecular flexibility index (Phi) is 4.64. The van der Waals surface area contributed by atoms with Crippen LogP contribution in [0.4, 0.5) is 0 Å². The summed E-state index contributed by atoms with van der Waals surface area (Å²) in [6.45, 7) is 2.05. The maximum atomic E-state index is 11.6. The minimum atomic E-state index is -4.81. The van der Waals surface area contributed by atoms with Gasteiger partial charge in [-0.3, -0.25) is 9.36 Å². The van der Waals surface area contributed by atoms with Crippen LogP contribution < -0.4 is 0 Å². The van der Waals surface area contributed by atoms with Gasteiger partial charge in [0.05, 0.1) is 0 Å². The number of carbonyl (C=O) groups excluding carboxylic acids is 1. The Morgan fingerprint density at radius 3 is 2.43 bits per heavy atom. The molecule has 0 bridgehead atoms. The molecule has 0 atom stereocenters. The van der Waals surface area contributed by atoms with E-state index in [1.54, 1.807) is 11.3 Å². The van der Waals surface area contributed by atoms with Gasteiger partial charge in [0.15, 0.2) is 0 Å². The SMILES string of the molecule is CCc1ccc(Cc2cc(C(=O)P(=O)(O)O)ccc2O)s1. The molecule has 0 spiro atoms. The number of hydrogen-bond donors (Lipinski definition) is 3. The van der Waals surface area contributed by atoms with E-state index >= 15 is 0 Å². The van der Waals surface area contributed by atoms with E-state index in [-0.39, 0.29) is 11.3 Å². The quantitative estimate of drug-likeness (QED) is 0.734. The fraction of sp³-hybridized carbons (Fsp3) is 0.214. The molecule has 112 valence electrons. The van der Waals surface area contributed by atoms with Gasteiger partial charge in [-0.2, -0.15) is 0 Å². The molecule has 0 amide bonds. The van der Waals surface area contributed by atoms with Crippen molar-refractivity contribution < 1.29 is 24.3 Å². The average molecular weight is 326 g/mol. The monoisotopic (exact) mass is 326 g/mol. The van der Waals surface area contributed by atoms with Crippen molar-refractivity contribution in [1.29, 1.82) is 0 Å². The Morgan fingerprint density at radius 1 is 1.19 bits per heavy atom. The minimum Gasteiger partial charge on any atom is -0.508 e. The summed E-state index contributed by atoms with van der Waals surface area (Å²) in [5.41, 5.74) is -0.855. The predicted molar refractivity (Wildman–Crippen MR) is 81.0 cm³/mol. The van der Waals surface area contributed by atoms with E-state index in [2.05, 4.69) is 0 Å². The van der Waals surface area contributed by atoms with Gasteiger partial charge in [-0.1, -0.05) is 6.92 Å². The van der Waals surface area contributed by atoms with Crippen LogP contribution in [-0.2, 0) is 17.4 Å². The van der Waals surface area contributed by atoms with Crippen molar-refractivity contribution in [3.8, 4) is 5.75 Å². The third-order valence-corrected chi connectivity index (χ3v) is 5.04. The minimum absolute atomic E-state index is 0.00344. The van der Waals surface area contributed by atoms with Crippen LogP contribution in [0.25, 0.3) is 0 Å². The second-order valence-corrected chi connectivity index (χ2v) is 7.34. The molecule has 2 aromatic rings. The van der Waals surface area contributed by atoms with Crippen molar-refractivity contribution in [3.63, 3.8) is 0 Å². The lowest BCUT2D eigenvalue weighted by Gasteiger charge is -2.07. The summed E-state index contributed by atoms with van der Waals surface area (Å²) in [6, 6.07) is 7.78. The van der Waals surface area contributed by atoms with E-state index in [9.17, 15) is 14.5 Å². The summed E-state index contributed by atoms with van der Waals surface area (Å²) in [5, 5.41) is 9.84. The molecular weight excluding hydrogens is 311 g/mol. The normalized spacial score (nSPS) is 11.6. The lowest BCUT2D eigenvalue weighted by molar-refractivity contribution is 0.104. The van der Waals surface area contributed by atoms with Crippen LogP contribution >= 0.6 is 18.9 Å². The van der Waals surface area contributed by atoms with E-state index in [0.717, 1.165) is 11.3 Å². The maximum absolute atomic E-state index is 11.6. The number of aromatic hydroxyl groups is 1. The molecule has 0 unspecified atom stereocenters. The summed E-state index contributed by atoms with van der Waals surface area (Å²) in [6.07, 6.45) is 1.34. The van der Waals surface area contributed by atoms with E-state index in [1.807, 2.05) is 19.1 Å². The average Bonchev–Trinajstić information content (AvgIpc) is 2.87. The number of hydrogen-bond acceptors (Lipinski definition) is 4. The van der Waals surface area contributed by atoms with Crippen LogP contribution in [0.1, 0.15) is 32.6 Å². The molecule has 1 aromatic carbocycles. The van der Waals surface area contributed by atoms with E-state index in [0.29, 0.717) is 12.0 Å². The Morgan fingerprint density at radius 2 is 1.86 bits per heavy atom. The van der Waals surface area contributed by atoms with E-state index in [1.165, 1.54) is 23.1 Å². The first kappa shape index (κ1) is 15.9. The third-order valence-electron chi connectivity index (χ3n) is 3.02. The standard InChI is InChI=1S/C14H15O5PS/c1-2-11-4-5-12(21-11)8-10-7-9(3-6-13(10)15)14(16)20(17,18)19/h3-7,15H,2,8H2,1H3,(H2,17,18,19). The Bertz CT molecular complexity index is 716. The lowest BCUT2D eigenvalue weighted by atomic mass is 10.1. The molecule has 0 aliphatic heterocycles. The van der Waals surface area contributed by atoms with Crippen LogP contribution in [0.3, 0.4) is 0 Å². The molecule has 0 saturated heterocycles. The second-order valence-electron chi connectivity index (χ2n) is 4.59. The van der Waals surface area contributed by atoms with E-state index in [4.69, 9.17) is 9.79 Å². The number of thiophene rings is 1. The van der Waals surface area contributed by atoms with Crippen LogP contribution in [0, 0.1) is 0 Å². The van der Waals surface area contributed by atoms with Gasteiger partial charge in [0, 0.05) is 21.7 Å². The van der Waals surface area contributed by atoms with Gasteiger partial charge in [0.1, 0.15) is 5.75 Å². The first-order valence-electron chi connectivity index (χ1n) is 6.31. The molecule has 1 heterocycles. The second kappa shape index (κ2) is 6.12. The van der Waals surface area contributed by atoms with Gasteiger partial charge in [0.25, 0.3) is 5.52 Å². The summed E-state index contributed by atoms with van der Waals surface area (Å²) in [4.78, 5) is 31.7. The number of aryl methyl sites for hydroxylation is 1. The van der Waals surface area contributed by atoms with Crippen LogP contribution in [0.15, 0.2) is 30.3 Å². The molecule has 5 nitrogen and oxygen atoms in total. The summed E-state index contributed by atoms with van der Waals surface area (Å²) in [7, 11) is -4.81. The highest BCUT2D eigenvalue weighted by Gasteiger charge is 2.27. The molecule has 0 saturated carbocycles. The number of phenolic OH excluding ortho intramolecular Hbond substituents is 1. The lowest BCUT2D eigenvalue weighted by Crippen LogP contribution is -2.01. The molecule has 0 fully saturated rings. The van der Waals surface area contributed by atoms with Crippen molar-refractivity contribution >= 4 is 24.5 Å². The molecular formula is C14H15O5PS. The van der Waals surface area contributed by atoms with Gasteiger partial charge in [-0.05, 0) is 42.3 Å². The van der Waals surface area contributed by atoms with Gasteiger partial charge in [0.2, 0.25) is 0 Å². The van der Waals surface area contributed by atoms with Crippen LogP contribution in [0.2, 0.25) is 0 Å². The van der Waals surface area contributed by atoms with Crippen molar-refractivity contribution in [1.82, 2.24) is 0 Å². The zero-order chi connectivity index (χ0) is 15.6. The van der Waals surface area contributed by atoms with Gasteiger partial charge in [-0.15, -0.1) is 11.3 Å². The van der Waals surface area contributed by atoms with E-state index < -0.39 is 13.1 Å². The molecule has 0 aliphatic rings. The zero-order valence-corrected chi connectivity index (χ0v) is 13.0. The molecule has 2 rings (SSSR count). The summed E-state index contributed by atoms with van der Waals surface area (Å²) < 4.78 is 11.0. The highest BCUT2D eigenvalue weighted by molar-refractivity contribution is 7.70. The number of rotatable bonds is 5.